The third kappa shape index (κ3) is 0.967. The predicted octanol–water partition coefficient (Wildman–Crippen LogP) is 0.181. The maximum absolute atomic E-state index is 8.72. The lowest BCUT2D eigenvalue weighted by atomic mass is 10.1. The van der Waals surface area contributed by atoms with Crippen LogP contribution in [0.4, 0.5) is 0 Å². The van der Waals surface area contributed by atoms with E-state index in [0.717, 1.165) is 0 Å². The Morgan fingerprint density at radius 2 is 2.38 bits per heavy atom. The monoisotopic (exact) mass is 110 g/mol. The second-order valence-electron chi connectivity index (χ2n) is 1.54. The third-order valence-electron chi connectivity index (χ3n) is 0.907. The Morgan fingerprint density at radius 1 is 1.62 bits per heavy atom. The summed E-state index contributed by atoms with van der Waals surface area (Å²) in [6.45, 7) is 0. The number of hydrogen-bond acceptors (Lipinski definition) is 2. The summed E-state index contributed by atoms with van der Waals surface area (Å²) in [6, 6.07) is 0. The van der Waals surface area contributed by atoms with Gasteiger partial charge in [0.1, 0.15) is 12.2 Å². The molecule has 1 atom stereocenters. The van der Waals surface area contributed by atoms with Crippen molar-refractivity contribution in [2.75, 3.05) is 0 Å². The van der Waals surface area contributed by atoms with E-state index in [4.69, 9.17) is 10.2 Å². The number of allylic oxidation sites excluding steroid dienone is 2. The summed E-state index contributed by atoms with van der Waals surface area (Å²) in [5, 5.41) is 17.4. The Labute approximate surface area is 47.8 Å². The summed E-state index contributed by atoms with van der Waals surface area (Å²) in [6.07, 6.45) is 6.09. The minimum Gasteiger partial charge on any atom is -0.386 e. The number of rotatable bonds is 0. The fourth-order valence-corrected chi connectivity index (χ4v) is 0.464. The molecule has 42 valence electrons. The van der Waals surface area contributed by atoms with E-state index in [-0.39, 0.29) is 6.10 Å². The van der Waals surface area contributed by atoms with Crippen LogP contribution in [0.15, 0.2) is 18.2 Å². The summed E-state index contributed by atoms with van der Waals surface area (Å²) in [4.78, 5) is 0. The Bertz CT molecular complexity index is 110. The molecule has 0 aromatic rings. The quantitative estimate of drug-likeness (QED) is 0.467. The lowest BCUT2D eigenvalue weighted by Crippen LogP contribution is -2.14. The van der Waals surface area contributed by atoms with Gasteiger partial charge in [-0.15, -0.1) is 0 Å². The van der Waals surface area contributed by atoms with Crippen molar-refractivity contribution < 1.29 is 10.2 Å². The number of hydrogen-bond donors (Lipinski definition) is 2. The molecule has 1 rings (SSSR count). The van der Waals surface area contributed by atoms with Crippen molar-refractivity contribution in [3.05, 3.63) is 30.4 Å². The van der Waals surface area contributed by atoms with E-state index in [1.165, 1.54) is 12.2 Å². The minimum absolute atomic E-state index is 0.0243. The van der Waals surface area contributed by atoms with Crippen molar-refractivity contribution in [1.29, 1.82) is 0 Å². The Hall–Kier alpha value is -0.600. The van der Waals surface area contributed by atoms with Crippen molar-refractivity contribution in [3.8, 4) is 0 Å². The molecule has 0 spiro atoms. The molecule has 0 heterocycles. The van der Waals surface area contributed by atoms with Crippen molar-refractivity contribution in [2.45, 2.75) is 6.10 Å². The Balaban J connectivity index is 2.59. The van der Waals surface area contributed by atoms with Crippen LogP contribution in [0, 0.1) is 12.2 Å². The predicted molar refractivity (Wildman–Crippen MR) is 28.1 cm³/mol. The zero-order valence-corrected chi connectivity index (χ0v) is 4.20. The van der Waals surface area contributed by atoms with Crippen molar-refractivity contribution >= 4 is 0 Å². The van der Waals surface area contributed by atoms with E-state index in [9.17, 15) is 0 Å². The highest BCUT2D eigenvalue weighted by molar-refractivity contribution is 5.20. The molecular weight excluding hydrogens is 104 g/mol. The van der Waals surface area contributed by atoms with Gasteiger partial charge in [0.05, 0.1) is 0 Å². The third-order valence-corrected chi connectivity index (χ3v) is 0.907. The van der Waals surface area contributed by atoms with E-state index in [1.54, 1.807) is 6.08 Å². The molecule has 0 saturated heterocycles. The van der Waals surface area contributed by atoms with Crippen LogP contribution in [0.2, 0.25) is 0 Å². The van der Waals surface area contributed by atoms with Gasteiger partial charge in [0.2, 0.25) is 0 Å². The maximum Gasteiger partial charge on any atom is 0.147 e. The van der Waals surface area contributed by atoms with Crippen LogP contribution in [0.1, 0.15) is 0 Å². The van der Waals surface area contributed by atoms with Crippen LogP contribution in [-0.4, -0.2) is 16.3 Å². The molecule has 0 amide bonds. The van der Waals surface area contributed by atoms with Crippen LogP contribution >= 0.6 is 0 Å². The largest absolute Gasteiger partial charge is 0.386 e. The van der Waals surface area contributed by atoms with Gasteiger partial charge in [-0.25, -0.2) is 0 Å². The van der Waals surface area contributed by atoms with Crippen molar-refractivity contribution in [2.24, 2.45) is 0 Å². The van der Waals surface area contributed by atoms with Gasteiger partial charge in [-0.3, -0.25) is 0 Å². The molecule has 1 aliphatic carbocycles. The van der Waals surface area contributed by atoms with Gasteiger partial charge in [0, 0.05) is 0 Å². The fourth-order valence-electron chi connectivity index (χ4n) is 0.464. The van der Waals surface area contributed by atoms with Gasteiger partial charge >= 0.3 is 0 Å². The zero-order valence-electron chi connectivity index (χ0n) is 4.20. The Morgan fingerprint density at radius 3 is 2.75 bits per heavy atom. The van der Waals surface area contributed by atoms with Gasteiger partial charge in [-0.2, -0.15) is 0 Å². The van der Waals surface area contributed by atoms with Crippen LogP contribution in [0.3, 0.4) is 0 Å². The highest BCUT2D eigenvalue weighted by Gasteiger charge is 2.11. The lowest BCUT2D eigenvalue weighted by Gasteiger charge is -2.09. The summed E-state index contributed by atoms with van der Waals surface area (Å²) >= 11 is 0. The molecule has 1 aliphatic rings. The molecule has 0 saturated carbocycles. The lowest BCUT2D eigenvalue weighted by molar-refractivity contribution is 0.151. The molecule has 1 unspecified atom stereocenters. The molecule has 2 heteroatoms. The second kappa shape index (κ2) is 2.11. The average Bonchev–Trinajstić information content (AvgIpc) is 1.77. The molecule has 0 fully saturated rings. The summed E-state index contributed by atoms with van der Waals surface area (Å²) in [5.74, 6) is 0. The van der Waals surface area contributed by atoms with Gasteiger partial charge < -0.3 is 10.2 Å². The van der Waals surface area contributed by atoms with Gasteiger partial charge in [-0.1, -0.05) is 6.08 Å². The first-order chi connectivity index (χ1) is 3.80. The zero-order chi connectivity index (χ0) is 5.98. The highest BCUT2D eigenvalue weighted by Crippen LogP contribution is 2.08. The highest BCUT2D eigenvalue weighted by atomic mass is 16.3. The molecular formula is C6H6O2. The maximum atomic E-state index is 8.72. The van der Waals surface area contributed by atoms with Crippen molar-refractivity contribution in [3.63, 3.8) is 0 Å². The SMILES string of the molecule is O[C]1C=C[C]=CC1O. The standard InChI is InChI=1S/C6H6O2/c7-5-3-1-2-4-6(5)8/h1,3-4,6-8H. The minimum atomic E-state index is -0.847. The molecule has 2 radical (unpaired) electrons. The normalized spacial score (nSPS) is 29.0. The summed E-state index contributed by atoms with van der Waals surface area (Å²) in [7, 11) is 0. The first kappa shape index (κ1) is 5.54. The smallest absolute Gasteiger partial charge is 0.147 e. The molecule has 0 aromatic carbocycles. The number of aliphatic hydroxyl groups is 2. The van der Waals surface area contributed by atoms with E-state index in [1.807, 2.05) is 0 Å². The first-order valence-electron chi connectivity index (χ1n) is 2.30. The molecule has 2 nitrogen and oxygen atoms in total. The summed E-state index contributed by atoms with van der Waals surface area (Å²) < 4.78 is 0. The molecule has 8 heavy (non-hydrogen) atoms. The first-order valence-corrected chi connectivity index (χ1v) is 2.30. The topological polar surface area (TPSA) is 40.5 Å². The van der Waals surface area contributed by atoms with Crippen molar-refractivity contribution in [1.82, 2.24) is 0 Å². The van der Waals surface area contributed by atoms with Crippen LogP contribution < -0.4 is 0 Å². The van der Waals surface area contributed by atoms with Gasteiger partial charge in [0.15, 0.2) is 0 Å². The van der Waals surface area contributed by atoms with E-state index < -0.39 is 6.10 Å². The van der Waals surface area contributed by atoms with Crippen LogP contribution in [0.25, 0.3) is 0 Å². The Kier molecular flexibility index (Phi) is 1.46. The van der Waals surface area contributed by atoms with Crippen LogP contribution in [-0.2, 0) is 0 Å². The fraction of sp³-hybridized carbons (Fsp3) is 0.167. The molecule has 2 N–H and O–H groups in total. The van der Waals surface area contributed by atoms with Gasteiger partial charge in [-0.05, 0) is 18.2 Å². The second-order valence-corrected chi connectivity index (χ2v) is 1.54. The summed E-state index contributed by atoms with van der Waals surface area (Å²) in [5.41, 5.74) is 0. The van der Waals surface area contributed by atoms with Gasteiger partial charge in [0.25, 0.3) is 0 Å². The molecule has 0 bridgehead atoms. The average molecular weight is 110 g/mol. The van der Waals surface area contributed by atoms with E-state index in [2.05, 4.69) is 6.08 Å². The number of aliphatic hydroxyl groups excluding tert-OH is 2. The molecule has 0 aromatic heterocycles. The van der Waals surface area contributed by atoms with Crippen LogP contribution in [0.5, 0.6) is 0 Å². The van der Waals surface area contributed by atoms with E-state index in [0.29, 0.717) is 0 Å². The van der Waals surface area contributed by atoms with E-state index >= 15 is 0 Å². The molecule has 0 aliphatic heterocycles.